The van der Waals surface area contributed by atoms with E-state index in [9.17, 15) is 14.7 Å². The van der Waals surface area contributed by atoms with Crippen LogP contribution in [0.4, 0.5) is 10.5 Å². The third-order valence-corrected chi connectivity index (χ3v) is 8.23. The number of benzene rings is 2. The van der Waals surface area contributed by atoms with Gasteiger partial charge in [0.15, 0.2) is 0 Å². The number of anilines is 1. The van der Waals surface area contributed by atoms with Crippen LogP contribution in [0.2, 0.25) is 5.02 Å². The van der Waals surface area contributed by atoms with Crippen molar-refractivity contribution in [3.8, 4) is 0 Å². The number of halogens is 1. The number of aromatic carboxylic acids is 1. The molecule has 2 amide bonds. The minimum absolute atomic E-state index is 0.179. The van der Waals surface area contributed by atoms with E-state index < -0.39 is 11.5 Å². The fourth-order valence-electron chi connectivity index (χ4n) is 5.54. The summed E-state index contributed by atoms with van der Waals surface area (Å²) in [4.78, 5) is 26.6. The van der Waals surface area contributed by atoms with Crippen molar-refractivity contribution in [3.05, 3.63) is 76.0 Å². The van der Waals surface area contributed by atoms with Crippen LogP contribution in [0.25, 0.3) is 0 Å². The molecule has 2 N–H and O–H groups in total. The van der Waals surface area contributed by atoms with Gasteiger partial charge in [0.05, 0.1) is 22.9 Å². The Labute approximate surface area is 231 Å². The summed E-state index contributed by atoms with van der Waals surface area (Å²) in [7, 11) is 1.74. The van der Waals surface area contributed by atoms with Gasteiger partial charge in [0.2, 0.25) is 0 Å². The van der Waals surface area contributed by atoms with Crippen LogP contribution in [0.1, 0.15) is 81.3 Å². The summed E-state index contributed by atoms with van der Waals surface area (Å²) in [5.74, 6) is -0.757. The Balaban J connectivity index is 1.76. The van der Waals surface area contributed by atoms with E-state index in [2.05, 4.69) is 45.1 Å². The highest BCUT2D eigenvalue weighted by molar-refractivity contribution is 6.31. The molecule has 6 nitrogen and oxygen atoms in total. The van der Waals surface area contributed by atoms with Gasteiger partial charge < -0.3 is 15.2 Å². The lowest BCUT2D eigenvalue weighted by molar-refractivity contribution is 0.00749. The van der Waals surface area contributed by atoms with Crippen molar-refractivity contribution < 1.29 is 19.4 Å². The van der Waals surface area contributed by atoms with Gasteiger partial charge in [-0.05, 0) is 90.5 Å². The van der Waals surface area contributed by atoms with Crippen LogP contribution in [-0.2, 0) is 16.7 Å². The fourth-order valence-corrected chi connectivity index (χ4v) is 5.81. The number of methoxy groups -OCH3 is 1. The number of carboxylic acids is 1. The lowest BCUT2D eigenvalue weighted by atomic mass is 9.66. The lowest BCUT2D eigenvalue weighted by Crippen LogP contribution is -2.58. The molecule has 0 bridgehead atoms. The molecule has 1 saturated carbocycles. The second-order valence-electron chi connectivity index (χ2n) is 11.8. The first-order chi connectivity index (χ1) is 18.0. The average Bonchev–Trinajstić information content (AvgIpc) is 2.83. The monoisotopic (exact) mass is 538 g/mol. The SMILES string of the molecule is CCC[C@@]1(c2ccc(CCC(C)(C)C)c(Cl)c2)NC(=O)N(c2ccc(C(=O)O)cc2)C=C1C1CC(OC)C1. The van der Waals surface area contributed by atoms with Crippen molar-refractivity contribution in [1.29, 1.82) is 0 Å². The van der Waals surface area contributed by atoms with E-state index in [1.54, 1.807) is 24.1 Å². The molecule has 1 heterocycles. The number of carbonyl (C=O) groups excluding carboxylic acids is 1. The van der Waals surface area contributed by atoms with Gasteiger partial charge in [-0.2, -0.15) is 0 Å². The smallest absolute Gasteiger partial charge is 0.335 e. The maximum Gasteiger partial charge on any atom is 0.335 e. The summed E-state index contributed by atoms with van der Waals surface area (Å²) in [6.45, 7) is 8.81. The molecule has 1 fully saturated rings. The van der Waals surface area contributed by atoms with Crippen molar-refractivity contribution in [1.82, 2.24) is 5.32 Å². The Kier molecular flexibility index (Phi) is 8.24. The number of nitrogens with one attached hydrogen (secondary N) is 1. The Morgan fingerprint density at radius 2 is 1.87 bits per heavy atom. The summed E-state index contributed by atoms with van der Waals surface area (Å²) in [6, 6.07) is 12.4. The maximum absolute atomic E-state index is 13.6. The zero-order valence-corrected chi connectivity index (χ0v) is 23.8. The molecular weight excluding hydrogens is 500 g/mol. The van der Waals surface area contributed by atoms with E-state index in [1.165, 1.54) is 12.1 Å². The van der Waals surface area contributed by atoms with Crippen LogP contribution >= 0.6 is 11.6 Å². The fraction of sp³-hybridized carbons (Fsp3) is 0.484. The number of hydrogen-bond donors (Lipinski definition) is 2. The molecule has 2 aromatic carbocycles. The maximum atomic E-state index is 13.6. The van der Waals surface area contributed by atoms with Gasteiger partial charge >= 0.3 is 12.0 Å². The molecule has 1 atom stereocenters. The van der Waals surface area contributed by atoms with Gasteiger partial charge in [0.1, 0.15) is 0 Å². The first kappa shape index (κ1) is 28.2. The standard InChI is InChI=1S/C31H39ClN2O4/c1-6-14-31(23-10-7-20(27(32)18-23)13-15-30(2,3)4)26(22-16-25(17-22)38-5)19-34(29(37)33-31)24-11-8-21(9-12-24)28(35)36/h7-12,18-19,22,25H,6,13-17H2,1-5H3,(H,33,37)(H,35,36)/t22?,25?,31-/m0/s1. The van der Waals surface area contributed by atoms with Gasteiger partial charge in [0, 0.05) is 18.3 Å². The normalized spacial score (nSPS) is 23.5. The quantitative estimate of drug-likeness (QED) is 0.345. The van der Waals surface area contributed by atoms with Crippen LogP contribution in [0.3, 0.4) is 0 Å². The molecule has 4 rings (SSSR count). The van der Waals surface area contributed by atoms with Crippen molar-refractivity contribution in [3.63, 3.8) is 0 Å². The summed E-state index contributed by atoms with van der Waals surface area (Å²) in [6.07, 6.45) is 7.46. The first-order valence-electron chi connectivity index (χ1n) is 13.5. The lowest BCUT2D eigenvalue weighted by Gasteiger charge is -2.49. The second-order valence-corrected chi connectivity index (χ2v) is 12.2. The van der Waals surface area contributed by atoms with Crippen LogP contribution < -0.4 is 10.2 Å². The number of nitrogens with zero attached hydrogens (tertiary/aromatic N) is 1. The van der Waals surface area contributed by atoms with Crippen LogP contribution in [-0.4, -0.2) is 30.3 Å². The third-order valence-electron chi connectivity index (χ3n) is 7.88. The third kappa shape index (κ3) is 5.76. The summed E-state index contributed by atoms with van der Waals surface area (Å²) < 4.78 is 5.59. The predicted octanol–water partition coefficient (Wildman–Crippen LogP) is 7.55. The molecular formula is C31H39ClN2O4. The number of hydrogen-bond acceptors (Lipinski definition) is 3. The molecule has 0 saturated heterocycles. The number of aryl methyl sites for hydroxylation is 1. The Morgan fingerprint density at radius 3 is 2.42 bits per heavy atom. The molecule has 1 aliphatic carbocycles. The molecule has 2 aromatic rings. The van der Waals surface area contributed by atoms with Crippen LogP contribution in [0, 0.1) is 11.3 Å². The van der Waals surface area contributed by atoms with Crippen molar-refractivity contribution >= 4 is 29.3 Å². The molecule has 0 aromatic heterocycles. The average molecular weight is 539 g/mol. The zero-order valence-electron chi connectivity index (χ0n) is 23.0. The Bertz CT molecular complexity index is 1210. The predicted molar refractivity (Wildman–Crippen MR) is 152 cm³/mol. The van der Waals surface area contributed by atoms with E-state index in [-0.39, 0.29) is 29.0 Å². The highest BCUT2D eigenvalue weighted by Crippen LogP contribution is 2.49. The van der Waals surface area contributed by atoms with Gasteiger partial charge in [-0.15, -0.1) is 0 Å². The number of carboxylic acid groups (broad SMARTS) is 1. The molecule has 2 aliphatic rings. The molecule has 38 heavy (non-hydrogen) atoms. The number of carbonyl (C=O) groups is 2. The number of amides is 2. The minimum Gasteiger partial charge on any atom is -0.478 e. The minimum atomic E-state index is -0.999. The highest BCUT2D eigenvalue weighted by atomic mass is 35.5. The van der Waals surface area contributed by atoms with Crippen molar-refractivity contribution in [2.75, 3.05) is 12.0 Å². The molecule has 204 valence electrons. The first-order valence-corrected chi connectivity index (χ1v) is 13.8. The Morgan fingerprint density at radius 1 is 1.18 bits per heavy atom. The van der Waals surface area contributed by atoms with Gasteiger partial charge in [0.25, 0.3) is 0 Å². The van der Waals surface area contributed by atoms with E-state index in [0.29, 0.717) is 5.69 Å². The number of ether oxygens (including phenoxy) is 1. The second kappa shape index (κ2) is 11.1. The largest absolute Gasteiger partial charge is 0.478 e. The molecule has 1 aliphatic heterocycles. The van der Waals surface area contributed by atoms with Crippen LogP contribution in [0.5, 0.6) is 0 Å². The van der Waals surface area contributed by atoms with Gasteiger partial charge in [-0.1, -0.05) is 57.8 Å². The molecule has 7 heteroatoms. The van der Waals surface area contributed by atoms with Crippen molar-refractivity contribution in [2.24, 2.45) is 11.3 Å². The summed E-state index contributed by atoms with van der Waals surface area (Å²) in [5.41, 5.74) is 3.57. The zero-order chi connectivity index (χ0) is 27.7. The van der Waals surface area contributed by atoms with Crippen molar-refractivity contribution in [2.45, 2.75) is 77.9 Å². The summed E-state index contributed by atoms with van der Waals surface area (Å²) >= 11 is 6.85. The van der Waals surface area contributed by atoms with Gasteiger partial charge in [-0.25, -0.2) is 9.59 Å². The highest BCUT2D eigenvalue weighted by Gasteiger charge is 2.48. The Hall–Kier alpha value is -2.83. The van der Waals surface area contributed by atoms with E-state index >= 15 is 0 Å². The van der Waals surface area contributed by atoms with Crippen LogP contribution in [0.15, 0.2) is 54.2 Å². The molecule has 0 spiro atoms. The molecule has 0 radical (unpaired) electrons. The summed E-state index contributed by atoms with van der Waals surface area (Å²) in [5, 5.41) is 13.4. The topological polar surface area (TPSA) is 78.9 Å². The van der Waals surface area contributed by atoms with E-state index in [0.717, 1.165) is 60.2 Å². The number of urea groups is 1. The number of rotatable bonds is 9. The van der Waals surface area contributed by atoms with E-state index in [4.69, 9.17) is 16.3 Å². The van der Waals surface area contributed by atoms with Gasteiger partial charge in [-0.3, -0.25) is 4.90 Å². The van der Waals surface area contributed by atoms with E-state index in [1.807, 2.05) is 12.3 Å². The molecule has 0 unspecified atom stereocenters.